The number of carbonyl (C=O) groups is 1. The topological polar surface area (TPSA) is 37.3 Å². The van der Waals surface area contributed by atoms with Gasteiger partial charge < -0.3 is 5.11 Å². The van der Waals surface area contributed by atoms with Gasteiger partial charge in [-0.15, -0.1) is 0 Å². The fraction of sp³-hybridized carbons (Fsp3) is 0.944. The van der Waals surface area contributed by atoms with Crippen molar-refractivity contribution >= 4 is 5.97 Å². The molecule has 0 amide bonds. The van der Waals surface area contributed by atoms with Gasteiger partial charge in [0, 0.05) is 6.42 Å². The lowest BCUT2D eigenvalue weighted by Gasteiger charge is -2.26. The highest BCUT2D eigenvalue weighted by molar-refractivity contribution is 5.66. The van der Waals surface area contributed by atoms with Gasteiger partial charge in [-0.05, 0) is 18.3 Å². The van der Waals surface area contributed by atoms with Gasteiger partial charge in [0.25, 0.3) is 0 Å². The van der Waals surface area contributed by atoms with Crippen LogP contribution in [-0.2, 0) is 4.79 Å². The number of hydrogen-bond donors (Lipinski definition) is 1. The lowest BCUT2D eigenvalue weighted by molar-refractivity contribution is -0.137. The predicted molar refractivity (Wildman–Crippen MR) is 87.0 cm³/mol. The van der Waals surface area contributed by atoms with Gasteiger partial charge in [0.2, 0.25) is 0 Å². The molecule has 0 aromatic rings. The van der Waals surface area contributed by atoms with E-state index in [0.717, 1.165) is 24.7 Å². The van der Waals surface area contributed by atoms with Crippen molar-refractivity contribution in [3.8, 4) is 0 Å². The van der Waals surface area contributed by atoms with Crippen molar-refractivity contribution < 1.29 is 9.90 Å². The van der Waals surface area contributed by atoms with Crippen LogP contribution in [0.1, 0.15) is 97.8 Å². The summed E-state index contributed by atoms with van der Waals surface area (Å²) in [6.45, 7) is 6.92. The fourth-order valence-electron chi connectivity index (χ4n) is 3.26. The third-order valence-electron chi connectivity index (χ3n) is 4.49. The van der Waals surface area contributed by atoms with Crippen molar-refractivity contribution in [3.05, 3.63) is 0 Å². The average molecular weight is 284 g/mol. The molecular formula is C18H36O2. The van der Waals surface area contributed by atoms with Crippen LogP contribution in [0.25, 0.3) is 0 Å². The minimum atomic E-state index is -0.654. The summed E-state index contributed by atoms with van der Waals surface area (Å²) in [6, 6.07) is 0. The Labute approximate surface area is 126 Å². The van der Waals surface area contributed by atoms with Crippen molar-refractivity contribution in [3.63, 3.8) is 0 Å². The zero-order valence-corrected chi connectivity index (χ0v) is 14.0. The standard InChI is InChI=1S/C18H36O2/c1-4-7-13-17(12-5-2)16(6-3)14-10-8-9-11-15-18(19)20/h16-17H,4-15H2,1-3H3,(H,19,20). The monoisotopic (exact) mass is 284 g/mol. The predicted octanol–water partition coefficient (Wildman–Crippen LogP) is 6.04. The molecule has 0 radical (unpaired) electrons. The van der Waals surface area contributed by atoms with Gasteiger partial charge in [-0.2, -0.15) is 0 Å². The van der Waals surface area contributed by atoms with Gasteiger partial charge in [0.15, 0.2) is 0 Å². The van der Waals surface area contributed by atoms with Crippen LogP contribution in [0.3, 0.4) is 0 Å². The summed E-state index contributed by atoms with van der Waals surface area (Å²) in [6.07, 6.45) is 14.2. The normalized spacial score (nSPS) is 14.2. The van der Waals surface area contributed by atoms with Gasteiger partial charge >= 0.3 is 5.97 Å². The smallest absolute Gasteiger partial charge is 0.303 e. The van der Waals surface area contributed by atoms with Gasteiger partial charge in [-0.3, -0.25) is 4.79 Å². The molecule has 120 valence electrons. The first-order chi connectivity index (χ1) is 9.65. The van der Waals surface area contributed by atoms with Gasteiger partial charge in [-0.1, -0.05) is 85.0 Å². The molecule has 0 aromatic heterocycles. The first kappa shape index (κ1) is 19.5. The zero-order chi connectivity index (χ0) is 15.2. The van der Waals surface area contributed by atoms with Crippen LogP contribution in [0.4, 0.5) is 0 Å². The van der Waals surface area contributed by atoms with Crippen LogP contribution in [0, 0.1) is 11.8 Å². The van der Waals surface area contributed by atoms with Crippen molar-refractivity contribution in [2.75, 3.05) is 0 Å². The van der Waals surface area contributed by atoms with Crippen LogP contribution in [0.15, 0.2) is 0 Å². The highest BCUT2D eigenvalue weighted by Gasteiger charge is 2.18. The summed E-state index contributed by atoms with van der Waals surface area (Å²) >= 11 is 0. The second-order valence-corrected chi connectivity index (χ2v) is 6.21. The third kappa shape index (κ3) is 10.3. The Hall–Kier alpha value is -0.530. The quantitative estimate of drug-likeness (QED) is 0.394. The number of rotatable bonds is 14. The summed E-state index contributed by atoms with van der Waals surface area (Å²) in [5, 5.41) is 8.61. The summed E-state index contributed by atoms with van der Waals surface area (Å²) in [4.78, 5) is 10.4. The minimum Gasteiger partial charge on any atom is -0.481 e. The van der Waals surface area contributed by atoms with E-state index in [2.05, 4.69) is 20.8 Å². The van der Waals surface area contributed by atoms with Crippen molar-refractivity contribution in [2.45, 2.75) is 97.8 Å². The van der Waals surface area contributed by atoms with Crippen LogP contribution in [0.2, 0.25) is 0 Å². The van der Waals surface area contributed by atoms with E-state index in [-0.39, 0.29) is 0 Å². The lowest BCUT2D eigenvalue weighted by Crippen LogP contribution is -2.14. The second-order valence-electron chi connectivity index (χ2n) is 6.21. The van der Waals surface area contributed by atoms with E-state index < -0.39 is 5.97 Å². The average Bonchev–Trinajstić information content (AvgIpc) is 2.43. The molecule has 0 bridgehead atoms. The SMILES string of the molecule is CCCCC(CCC)C(CC)CCCCCCC(=O)O. The van der Waals surface area contributed by atoms with E-state index >= 15 is 0 Å². The van der Waals surface area contributed by atoms with Crippen LogP contribution in [-0.4, -0.2) is 11.1 Å². The van der Waals surface area contributed by atoms with E-state index in [1.165, 1.54) is 57.8 Å². The summed E-state index contributed by atoms with van der Waals surface area (Å²) in [5.41, 5.74) is 0. The molecule has 20 heavy (non-hydrogen) atoms. The Kier molecular flexibility index (Phi) is 13.1. The Balaban J connectivity index is 3.88. The molecule has 0 saturated heterocycles. The largest absolute Gasteiger partial charge is 0.481 e. The fourth-order valence-corrected chi connectivity index (χ4v) is 3.26. The summed E-state index contributed by atoms with van der Waals surface area (Å²) < 4.78 is 0. The maximum atomic E-state index is 10.4. The van der Waals surface area contributed by atoms with E-state index in [1.807, 2.05) is 0 Å². The second kappa shape index (κ2) is 13.5. The molecule has 0 aliphatic heterocycles. The molecule has 2 heteroatoms. The Bertz CT molecular complexity index is 225. The Morgan fingerprint density at radius 3 is 2.00 bits per heavy atom. The van der Waals surface area contributed by atoms with Gasteiger partial charge in [0.1, 0.15) is 0 Å². The molecule has 0 aromatic carbocycles. The summed E-state index contributed by atoms with van der Waals surface area (Å²) in [5.74, 6) is 1.16. The highest BCUT2D eigenvalue weighted by atomic mass is 16.4. The molecule has 0 aliphatic rings. The van der Waals surface area contributed by atoms with E-state index in [1.54, 1.807) is 0 Å². The van der Waals surface area contributed by atoms with Gasteiger partial charge in [-0.25, -0.2) is 0 Å². The number of unbranched alkanes of at least 4 members (excludes halogenated alkanes) is 4. The molecule has 0 heterocycles. The number of hydrogen-bond acceptors (Lipinski definition) is 1. The molecule has 0 spiro atoms. The van der Waals surface area contributed by atoms with Crippen molar-refractivity contribution in [1.82, 2.24) is 0 Å². The minimum absolute atomic E-state index is 0.339. The van der Waals surface area contributed by atoms with E-state index in [9.17, 15) is 4.79 Å². The maximum absolute atomic E-state index is 10.4. The first-order valence-corrected chi connectivity index (χ1v) is 8.87. The molecule has 2 unspecified atom stereocenters. The first-order valence-electron chi connectivity index (χ1n) is 8.87. The molecule has 1 N–H and O–H groups in total. The molecule has 2 nitrogen and oxygen atoms in total. The third-order valence-corrected chi connectivity index (χ3v) is 4.49. The number of carboxylic acids is 1. The van der Waals surface area contributed by atoms with E-state index in [4.69, 9.17) is 5.11 Å². The van der Waals surface area contributed by atoms with Crippen LogP contribution >= 0.6 is 0 Å². The molecule has 0 saturated carbocycles. The highest BCUT2D eigenvalue weighted by Crippen LogP contribution is 2.30. The Morgan fingerprint density at radius 2 is 1.45 bits per heavy atom. The summed E-state index contributed by atoms with van der Waals surface area (Å²) in [7, 11) is 0. The molecule has 0 rings (SSSR count). The van der Waals surface area contributed by atoms with Crippen molar-refractivity contribution in [2.24, 2.45) is 11.8 Å². The number of aliphatic carboxylic acids is 1. The molecular weight excluding hydrogens is 248 g/mol. The number of carboxylic acid groups (broad SMARTS) is 1. The van der Waals surface area contributed by atoms with E-state index in [0.29, 0.717) is 6.42 Å². The zero-order valence-electron chi connectivity index (χ0n) is 14.0. The van der Waals surface area contributed by atoms with Gasteiger partial charge in [0.05, 0.1) is 0 Å². The molecule has 0 aliphatic carbocycles. The van der Waals surface area contributed by atoms with Crippen LogP contribution < -0.4 is 0 Å². The maximum Gasteiger partial charge on any atom is 0.303 e. The molecule has 0 fully saturated rings. The van der Waals surface area contributed by atoms with Crippen LogP contribution in [0.5, 0.6) is 0 Å². The van der Waals surface area contributed by atoms with Crippen molar-refractivity contribution in [1.29, 1.82) is 0 Å². The molecule has 2 atom stereocenters. The lowest BCUT2D eigenvalue weighted by atomic mass is 9.80. The Morgan fingerprint density at radius 1 is 0.800 bits per heavy atom.